The average Bonchev–Trinajstić information content (AvgIpc) is 2.94. The maximum Gasteiger partial charge on any atom is 0.356 e. The number of nitrogens with zero attached hydrogens (tertiary/aromatic N) is 2. The molecule has 0 saturated carbocycles. The van der Waals surface area contributed by atoms with E-state index in [0.717, 1.165) is 16.8 Å². The lowest BCUT2D eigenvalue weighted by Crippen LogP contribution is -1.97. The number of hydrogen-bond donors (Lipinski definition) is 1. The van der Waals surface area contributed by atoms with Crippen molar-refractivity contribution in [2.24, 2.45) is 0 Å². The summed E-state index contributed by atoms with van der Waals surface area (Å²) in [6.07, 6.45) is 1.56. The summed E-state index contributed by atoms with van der Waals surface area (Å²) in [6.45, 7) is 1.99. The van der Waals surface area contributed by atoms with E-state index in [9.17, 15) is 9.90 Å². The summed E-state index contributed by atoms with van der Waals surface area (Å²) in [5.74, 6) is -0.392. The minimum Gasteiger partial charge on any atom is -0.476 e. The van der Waals surface area contributed by atoms with Gasteiger partial charge in [-0.15, -0.1) is 0 Å². The number of carboxylic acids is 1. The normalized spacial score (nSPS) is 10.5. The number of hydrogen-bond acceptors (Lipinski definition) is 2. The van der Waals surface area contributed by atoms with Gasteiger partial charge in [0.15, 0.2) is 5.69 Å². The Hall–Kier alpha value is -2.88. The summed E-state index contributed by atoms with van der Waals surface area (Å²) in [6, 6.07) is 17.4. The fraction of sp³-hybridized carbons (Fsp3) is 0.0588. The molecule has 4 heteroatoms. The third-order valence-electron chi connectivity index (χ3n) is 3.35. The van der Waals surface area contributed by atoms with Crippen LogP contribution in [0.15, 0.2) is 60.8 Å². The maximum absolute atomic E-state index is 11.2. The van der Waals surface area contributed by atoms with E-state index < -0.39 is 5.97 Å². The summed E-state index contributed by atoms with van der Waals surface area (Å²) < 4.78 is 1.81. The first-order valence-corrected chi connectivity index (χ1v) is 6.61. The van der Waals surface area contributed by atoms with E-state index in [0.29, 0.717) is 5.82 Å². The fourth-order valence-electron chi connectivity index (χ4n) is 2.28. The van der Waals surface area contributed by atoms with Crippen LogP contribution in [0, 0.1) is 6.92 Å². The molecule has 0 spiro atoms. The van der Waals surface area contributed by atoms with E-state index in [-0.39, 0.29) is 5.69 Å². The molecular weight excluding hydrogens is 264 g/mol. The SMILES string of the molecule is Cc1ccccc1-c1nc(C(=O)O)cn1-c1ccccc1. The van der Waals surface area contributed by atoms with Crippen molar-refractivity contribution in [2.75, 3.05) is 0 Å². The second-order valence-corrected chi connectivity index (χ2v) is 4.78. The van der Waals surface area contributed by atoms with Gasteiger partial charge >= 0.3 is 5.97 Å². The Morgan fingerprint density at radius 2 is 1.71 bits per heavy atom. The molecule has 0 radical (unpaired) electrons. The van der Waals surface area contributed by atoms with Crippen LogP contribution in [0.1, 0.15) is 16.1 Å². The minimum atomic E-state index is -1.03. The molecule has 0 aliphatic rings. The van der Waals surface area contributed by atoms with E-state index in [2.05, 4.69) is 4.98 Å². The van der Waals surface area contributed by atoms with Crippen LogP contribution in [0.3, 0.4) is 0 Å². The number of aryl methyl sites for hydroxylation is 1. The highest BCUT2D eigenvalue weighted by molar-refractivity contribution is 5.86. The summed E-state index contributed by atoms with van der Waals surface area (Å²) in [5.41, 5.74) is 2.90. The second-order valence-electron chi connectivity index (χ2n) is 4.78. The molecular formula is C17H14N2O2. The van der Waals surface area contributed by atoms with Crippen LogP contribution in [0.25, 0.3) is 17.1 Å². The van der Waals surface area contributed by atoms with Gasteiger partial charge in [0.2, 0.25) is 0 Å². The van der Waals surface area contributed by atoms with Gasteiger partial charge in [-0.3, -0.25) is 4.57 Å². The predicted octanol–water partition coefficient (Wildman–Crippen LogP) is 3.55. The number of rotatable bonds is 3. The largest absolute Gasteiger partial charge is 0.476 e. The van der Waals surface area contributed by atoms with Crippen LogP contribution in [0.5, 0.6) is 0 Å². The summed E-state index contributed by atoms with van der Waals surface area (Å²) in [5, 5.41) is 9.21. The van der Waals surface area contributed by atoms with Crippen molar-refractivity contribution in [3.8, 4) is 17.1 Å². The molecule has 0 aliphatic heterocycles. The number of para-hydroxylation sites is 1. The van der Waals surface area contributed by atoms with Crippen LogP contribution in [0.4, 0.5) is 0 Å². The zero-order valence-corrected chi connectivity index (χ0v) is 11.5. The summed E-state index contributed by atoms with van der Waals surface area (Å²) in [4.78, 5) is 15.5. The summed E-state index contributed by atoms with van der Waals surface area (Å²) in [7, 11) is 0. The van der Waals surface area contributed by atoms with Crippen molar-refractivity contribution in [1.82, 2.24) is 9.55 Å². The number of aromatic nitrogens is 2. The van der Waals surface area contributed by atoms with Gasteiger partial charge in [0.1, 0.15) is 5.82 Å². The van der Waals surface area contributed by atoms with Crippen molar-refractivity contribution in [3.63, 3.8) is 0 Å². The molecule has 3 aromatic rings. The van der Waals surface area contributed by atoms with Gasteiger partial charge in [-0.05, 0) is 24.6 Å². The van der Waals surface area contributed by atoms with Crippen molar-refractivity contribution in [3.05, 3.63) is 72.1 Å². The Bertz CT molecular complexity index is 792. The van der Waals surface area contributed by atoms with Gasteiger partial charge in [0, 0.05) is 17.4 Å². The van der Waals surface area contributed by atoms with Crippen LogP contribution in [-0.4, -0.2) is 20.6 Å². The first kappa shape index (κ1) is 13.1. The van der Waals surface area contributed by atoms with E-state index in [4.69, 9.17) is 0 Å². The van der Waals surface area contributed by atoms with E-state index in [1.807, 2.05) is 66.1 Å². The molecule has 104 valence electrons. The van der Waals surface area contributed by atoms with Gasteiger partial charge in [0.05, 0.1) is 0 Å². The molecule has 0 amide bonds. The fourth-order valence-corrected chi connectivity index (χ4v) is 2.28. The number of aromatic carboxylic acids is 1. The molecule has 4 nitrogen and oxygen atoms in total. The van der Waals surface area contributed by atoms with Crippen molar-refractivity contribution >= 4 is 5.97 Å². The number of carboxylic acid groups (broad SMARTS) is 1. The van der Waals surface area contributed by atoms with Crippen LogP contribution < -0.4 is 0 Å². The topological polar surface area (TPSA) is 55.1 Å². The van der Waals surface area contributed by atoms with Crippen LogP contribution >= 0.6 is 0 Å². The van der Waals surface area contributed by atoms with E-state index in [1.54, 1.807) is 6.20 Å². The van der Waals surface area contributed by atoms with Crippen molar-refractivity contribution < 1.29 is 9.90 Å². The zero-order chi connectivity index (χ0) is 14.8. The lowest BCUT2D eigenvalue weighted by Gasteiger charge is -2.09. The monoisotopic (exact) mass is 278 g/mol. The van der Waals surface area contributed by atoms with Gasteiger partial charge in [-0.25, -0.2) is 9.78 Å². The first-order valence-electron chi connectivity index (χ1n) is 6.61. The molecule has 0 fully saturated rings. The Balaban J connectivity index is 2.24. The Labute approximate surface area is 122 Å². The molecule has 21 heavy (non-hydrogen) atoms. The van der Waals surface area contributed by atoms with Gasteiger partial charge in [-0.1, -0.05) is 42.5 Å². The maximum atomic E-state index is 11.2. The molecule has 0 bridgehead atoms. The Kier molecular flexibility index (Phi) is 3.28. The van der Waals surface area contributed by atoms with Gasteiger partial charge in [0.25, 0.3) is 0 Å². The number of carbonyl (C=O) groups is 1. The second kappa shape index (κ2) is 5.25. The molecule has 1 heterocycles. The molecule has 0 saturated heterocycles. The van der Waals surface area contributed by atoms with Gasteiger partial charge in [-0.2, -0.15) is 0 Å². The Morgan fingerprint density at radius 3 is 2.38 bits per heavy atom. The van der Waals surface area contributed by atoms with E-state index >= 15 is 0 Å². The molecule has 2 aromatic carbocycles. The number of imidazole rings is 1. The highest BCUT2D eigenvalue weighted by Crippen LogP contribution is 2.25. The van der Waals surface area contributed by atoms with E-state index in [1.165, 1.54) is 0 Å². The van der Waals surface area contributed by atoms with Crippen molar-refractivity contribution in [2.45, 2.75) is 6.92 Å². The minimum absolute atomic E-state index is 0.0390. The standard InChI is InChI=1S/C17H14N2O2/c1-12-7-5-6-10-14(12)16-18-15(17(20)21)11-19(16)13-8-3-2-4-9-13/h2-11H,1H3,(H,20,21). The molecule has 3 rings (SSSR count). The highest BCUT2D eigenvalue weighted by atomic mass is 16.4. The highest BCUT2D eigenvalue weighted by Gasteiger charge is 2.16. The molecule has 0 atom stereocenters. The van der Waals surface area contributed by atoms with Crippen molar-refractivity contribution in [1.29, 1.82) is 0 Å². The van der Waals surface area contributed by atoms with Crippen LogP contribution in [0.2, 0.25) is 0 Å². The van der Waals surface area contributed by atoms with Gasteiger partial charge < -0.3 is 5.11 Å². The first-order chi connectivity index (χ1) is 10.2. The number of benzene rings is 2. The smallest absolute Gasteiger partial charge is 0.356 e. The third kappa shape index (κ3) is 2.43. The average molecular weight is 278 g/mol. The predicted molar refractivity (Wildman–Crippen MR) is 80.7 cm³/mol. The lowest BCUT2D eigenvalue weighted by atomic mass is 10.1. The Morgan fingerprint density at radius 1 is 1.05 bits per heavy atom. The molecule has 1 N–H and O–H groups in total. The zero-order valence-electron chi connectivity index (χ0n) is 11.5. The lowest BCUT2D eigenvalue weighted by molar-refractivity contribution is 0.0691. The third-order valence-corrected chi connectivity index (χ3v) is 3.35. The molecule has 0 unspecified atom stereocenters. The van der Waals surface area contributed by atoms with Crippen LogP contribution in [-0.2, 0) is 0 Å². The molecule has 0 aliphatic carbocycles. The quantitative estimate of drug-likeness (QED) is 0.797. The summed E-state index contributed by atoms with van der Waals surface area (Å²) >= 11 is 0. The molecule has 1 aromatic heterocycles.